The van der Waals surface area contributed by atoms with E-state index in [1.165, 1.54) is 31.4 Å². The smallest absolute Gasteiger partial charge is 0.251 e. The number of sulfone groups is 1. The molecule has 0 spiro atoms. The first-order valence-corrected chi connectivity index (χ1v) is 8.51. The van der Waals surface area contributed by atoms with Gasteiger partial charge >= 0.3 is 0 Å². The lowest BCUT2D eigenvalue weighted by atomic mass is 10.2. The lowest BCUT2D eigenvalue weighted by molar-refractivity contribution is 0.0940. The molecule has 124 valence electrons. The highest BCUT2D eigenvalue weighted by molar-refractivity contribution is 7.91. The van der Waals surface area contributed by atoms with Gasteiger partial charge in [-0.15, -0.1) is 12.4 Å². The number of nitrogens with one attached hydrogen (secondary N) is 2. The molecular weight excluding hydrogens is 328 g/mol. The summed E-state index contributed by atoms with van der Waals surface area (Å²) in [5, 5.41) is 6.09. The largest absolute Gasteiger partial charge is 0.384 e. The monoisotopic (exact) mass is 348 g/mol. The molecule has 0 radical (unpaired) electrons. The minimum atomic E-state index is -3.35. The molecule has 1 fully saturated rings. The van der Waals surface area contributed by atoms with Crippen LogP contribution in [0.5, 0.6) is 0 Å². The Morgan fingerprint density at radius 3 is 2.59 bits per heavy atom. The van der Waals surface area contributed by atoms with Crippen molar-refractivity contribution in [3.8, 4) is 0 Å². The van der Waals surface area contributed by atoms with Gasteiger partial charge in [0.2, 0.25) is 0 Å². The molecular formula is C14H21ClN2O4S. The molecule has 1 aromatic rings. The van der Waals surface area contributed by atoms with Crippen LogP contribution in [0.15, 0.2) is 29.2 Å². The Labute approximate surface area is 136 Å². The van der Waals surface area contributed by atoms with Gasteiger partial charge in [0.1, 0.15) is 0 Å². The Balaban J connectivity index is 0.00000242. The van der Waals surface area contributed by atoms with Crippen molar-refractivity contribution in [1.82, 2.24) is 10.6 Å². The van der Waals surface area contributed by atoms with E-state index in [9.17, 15) is 13.2 Å². The minimum Gasteiger partial charge on any atom is -0.384 e. The molecule has 1 atom stereocenters. The van der Waals surface area contributed by atoms with Crippen molar-refractivity contribution in [2.24, 2.45) is 0 Å². The molecule has 1 unspecified atom stereocenters. The maximum atomic E-state index is 12.0. The SMILES string of the molecule is COCCS(=O)(=O)c1ccc(C(=O)NC2CCNC2)cc1.Cl. The van der Waals surface area contributed by atoms with E-state index in [0.29, 0.717) is 5.56 Å². The van der Waals surface area contributed by atoms with Crippen molar-refractivity contribution in [3.63, 3.8) is 0 Å². The van der Waals surface area contributed by atoms with Gasteiger partial charge in [-0.25, -0.2) is 8.42 Å². The summed E-state index contributed by atoms with van der Waals surface area (Å²) in [5.74, 6) is -0.243. The average molecular weight is 349 g/mol. The van der Waals surface area contributed by atoms with E-state index >= 15 is 0 Å². The van der Waals surface area contributed by atoms with Crippen LogP contribution in [0.3, 0.4) is 0 Å². The van der Waals surface area contributed by atoms with Crippen LogP contribution in [-0.2, 0) is 14.6 Å². The third kappa shape index (κ3) is 4.95. The highest BCUT2D eigenvalue weighted by Gasteiger charge is 2.18. The Kier molecular flexibility index (Phi) is 7.28. The fraction of sp³-hybridized carbons (Fsp3) is 0.500. The van der Waals surface area contributed by atoms with E-state index in [4.69, 9.17) is 4.74 Å². The highest BCUT2D eigenvalue weighted by Crippen LogP contribution is 2.13. The van der Waals surface area contributed by atoms with Gasteiger partial charge in [0, 0.05) is 25.3 Å². The first-order valence-electron chi connectivity index (χ1n) is 6.86. The normalized spacial score (nSPS) is 17.8. The summed E-state index contributed by atoms with van der Waals surface area (Å²) in [5.41, 5.74) is 0.465. The summed E-state index contributed by atoms with van der Waals surface area (Å²) in [4.78, 5) is 12.2. The summed E-state index contributed by atoms with van der Waals surface area (Å²) in [6.07, 6.45) is 0.912. The molecule has 2 N–H and O–H groups in total. The molecule has 8 heteroatoms. The molecule has 22 heavy (non-hydrogen) atoms. The van der Waals surface area contributed by atoms with Crippen LogP contribution >= 0.6 is 12.4 Å². The number of amides is 1. The highest BCUT2D eigenvalue weighted by atomic mass is 35.5. The molecule has 6 nitrogen and oxygen atoms in total. The quantitative estimate of drug-likeness (QED) is 0.787. The number of ether oxygens (including phenoxy) is 1. The van der Waals surface area contributed by atoms with Crippen LogP contribution < -0.4 is 10.6 Å². The van der Waals surface area contributed by atoms with Gasteiger partial charge in [-0.2, -0.15) is 0 Å². The Morgan fingerprint density at radius 1 is 1.36 bits per heavy atom. The fourth-order valence-electron chi connectivity index (χ4n) is 2.17. The van der Waals surface area contributed by atoms with E-state index < -0.39 is 9.84 Å². The number of hydrogen-bond donors (Lipinski definition) is 2. The summed E-state index contributed by atoms with van der Waals surface area (Å²) < 4.78 is 28.7. The van der Waals surface area contributed by atoms with Crippen molar-refractivity contribution < 1.29 is 17.9 Å². The van der Waals surface area contributed by atoms with Crippen molar-refractivity contribution in [2.45, 2.75) is 17.4 Å². The molecule has 0 aliphatic carbocycles. The zero-order valence-electron chi connectivity index (χ0n) is 12.4. The maximum absolute atomic E-state index is 12.0. The van der Waals surface area contributed by atoms with E-state index in [2.05, 4.69) is 10.6 Å². The van der Waals surface area contributed by atoms with Gasteiger partial charge in [-0.1, -0.05) is 0 Å². The number of benzene rings is 1. The molecule has 0 saturated carbocycles. The maximum Gasteiger partial charge on any atom is 0.251 e. The van der Waals surface area contributed by atoms with Crippen molar-refractivity contribution in [2.75, 3.05) is 32.6 Å². The summed E-state index contributed by atoms with van der Waals surface area (Å²) in [6.45, 7) is 1.83. The molecule has 2 rings (SSSR count). The molecule has 1 heterocycles. The van der Waals surface area contributed by atoms with Crippen LogP contribution in [0.4, 0.5) is 0 Å². The second-order valence-electron chi connectivity index (χ2n) is 5.00. The fourth-order valence-corrected chi connectivity index (χ4v) is 3.34. The summed E-state index contributed by atoms with van der Waals surface area (Å²) in [6, 6.07) is 6.15. The molecule has 0 bridgehead atoms. The van der Waals surface area contributed by atoms with Crippen molar-refractivity contribution >= 4 is 28.2 Å². The molecule has 1 amide bonds. The number of hydrogen-bond acceptors (Lipinski definition) is 5. The number of carbonyl (C=O) groups is 1. The van der Waals surface area contributed by atoms with Crippen molar-refractivity contribution in [1.29, 1.82) is 0 Å². The molecule has 0 aromatic heterocycles. The van der Waals surface area contributed by atoms with Crippen LogP contribution in [-0.4, -0.2) is 52.9 Å². The molecule has 1 aliphatic heterocycles. The first-order chi connectivity index (χ1) is 10.0. The predicted octanol–water partition coefficient (Wildman–Crippen LogP) is 0.620. The second kappa shape index (κ2) is 8.47. The summed E-state index contributed by atoms with van der Waals surface area (Å²) in [7, 11) is -1.89. The number of halogens is 1. The zero-order chi connectivity index (χ0) is 15.3. The second-order valence-corrected chi connectivity index (χ2v) is 7.11. The number of rotatable bonds is 6. The van der Waals surface area contributed by atoms with Crippen LogP contribution in [0.2, 0.25) is 0 Å². The van der Waals surface area contributed by atoms with Crippen molar-refractivity contribution in [3.05, 3.63) is 29.8 Å². The van der Waals surface area contributed by atoms with E-state index in [-0.39, 0.29) is 41.6 Å². The van der Waals surface area contributed by atoms with E-state index in [0.717, 1.165) is 19.5 Å². The lowest BCUT2D eigenvalue weighted by Gasteiger charge is -2.11. The van der Waals surface area contributed by atoms with E-state index in [1.807, 2.05) is 0 Å². The predicted molar refractivity (Wildman–Crippen MR) is 86.4 cm³/mol. The topological polar surface area (TPSA) is 84.5 Å². The third-order valence-electron chi connectivity index (χ3n) is 3.43. The minimum absolute atomic E-state index is 0. The zero-order valence-corrected chi connectivity index (χ0v) is 14.0. The van der Waals surface area contributed by atoms with Gasteiger partial charge in [0.05, 0.1) is 17.3 Å². The lowest BCUT2D eigenvalue weighted by Crippen LogP contribution is -2.36. The third-order valence-corrected chi connectivity index (χ3v) is 5.12. The average Bonchev–Trinajstić information content (AvgIpc) is 2.98. The Hall–Kier alpha value is -1.15. The number of carbonyl (C=O) groups excluding carboxylic acids is 1. The van der Waals surface area contributed by atoms with E-state index in [1.54, 1.807) is 0 Å². The molecule has 1 aromatic carbocycles. The number of methoxy groups -OCH3 is 1. The molecule has 1 saturated heterocycles. The van der Waals surface area contributed by atoms with Gasteiger partial charge in [-0.3, -0.25) is 4.79 Å². The first kappa shape index (κ1) is 18.9. The van der Waals surface area contributed by atoms with Crippen LogP contribution in [0.25, 0.3) is 0 Å². The van der Waals surface area contributed by atoms with Crippen LogP contribution in [0.1, 0.15) is 16.8 Å². The Bertz CT molecular complexity index is 583. The summed E-state index contributed by atoms with van der Waals surface area (Å²) >= 11 is 0. The molecule has 1 aliphatic rings. The van der Waals surface area contributed by atoms with Gasteiger partial charge in [0.25, 0.3) is 5.91 Å². The Morgan fingerprint density at radius 2 is 2.05 bits per heavy atom. The van der Waals surface area contributed by atoms with Gasteiger partial charge in [0.15, 0.2) is 9.84 Å². The van der Waals surface area contributed by atoms with Gasteiger partial charge in [-0.05, 0) is 37.2 Å². The van der Waals surface area contributed by atoms with Crippen LogP contribution in [0, 0.1) is 0 Å². The standard InChI is InChI=1S/C14H20N2O4S.ClH/c1-20-8-9-21(18,19)13-4-2-11(3-5-13)14(17)16-12-6-7-15-10-12;/h2-5,12,15H,6-10H2,1H3,(H,16,17);1H. The van der Waals surface area contributed by atoms with Gasteiger partial charge < -0.3 is 15.4 Å².